The predicted octanol–water partition coefficient (Wildman–Crippen LogP) is 3.29. The number of aromatic carboxylic acids is 1. The molecule has 1 N–H and O–H groups in total. The number of carboxylic acids is 1. The second-order valence-electron chi connectivity index (χ2n) is 4.88. The predicted molar refractivity (Wildman–Crippen MR) is 82.5 cm³/mol. The van der Waals surface area contributed by atoms with Crippen molar-refractivity contribution in [3.8, 4) is 17.5 Å². The van der Waals surface area contributed by atoms with Crippen molar-refractivity contribution in [2.24, 2.45) is 0 Å². The lowest BCUT2D eigenvalue weighted by atomic mass is 10.1. The molecule has 0 amide bonds. The SMILES string of the molecule is CCn1c(-c2ccc(C(=O)O)cc2)nc2ccc(C#N)cc21. The van der Waals surface area contributed by atoms with Gasteiger partial charge in [0.25, 0.3) is 0 Å². The minimum absolute atomic E-state index is 0.245. The second-order valence-corrected chi connectivity index (χ2v) is 4.88. The van der Waals surface area contributed by atoms with Gasteiger partial charge < -0.3 is 9.67 Å². The first-order valence-corrected chi connectivity index (χ1v) is 6.88. The van der Waals surface area contributed by atoms with E-state index in [1.54, 1.807) is 30.3 Å². The van der Waals surface area contributed by atoms with Crippen molar-refractivity contribution in [2.75, 3.05) is 0 Å². The van der Waals surface area contributed by atoms with E-state index in [0.29, 0.717) is 12.1 Å². The first kappa shape index (κ1) is 13.8. The molecule has 0 saturated heterocycles. The molecule has 0 unspecified atom stereocenters. The van der Waals surface area contributed by atoms with Crippen LogP contribution in [0.5, 0.6) is 0 Å². The molecule has 3 rings (SSSR count). The largest absolute Gasteiger partial charge is 0.478 e. The lowest BCUT2D eigenvalue weighted by molar-refractivity contribution is 0.0697. The molecule has 0 saturated carbocycles. The summed E-state index contributed by atoms with van der Waals surface area (Å²) < 4.78 is 2.02. The number of aryl methyl sites for hydroxylation is 1. The van der Waals surface area contributed by atoms with Gasteiger partial charge in [-0.15, -0.1) is 0 Å². The van der Waals surface area contributed by atoms with Crippen LogP contribution in [-0.4, -0.2) is 20.6 Å². The minimum atomic E-state index is -0.950. The van der Waals surface area contributed by atoms with Crippen LogP contribution >= 0.6 is 0 Å². The van der Waals surface area contributed by atoms with E-state index >= 15 is 0 Å². The number of imidazole rings is 1. The number of benzene rings is 2. The van der Waals surface area contributed by atoms with E-state index in [2.05, 4.69) is 11.1 Å². The first-order valence-electron chi connectivity index (χ1n) is 6.88. The summed E-state index contributed by atoms with van der Waals surface area (Å²) in [6.45, 7) is 2.72. The van der Waals surface area contributed by atoms with Gasteiger partial charge in [0.05, 0.1) is 28.2 Å². The molecule has 5 nitrogen and oxygen atoms in total. The van der Waals surface area contributed by atoms with Crippen molar-refractivity contribution in [1.29, 1.82) is 5.26 Å². The Morgan fingerprint density at radius 3 is 2.59 bits per heavy atom. The van der Waals surface area contributed by atoms with Crippen LogP contribution in [0.2, 0.25) is 0 Å². The highest BCUT2D eigenvalue weighted by atomic mass is 16.4. The van der Waals surface area contributed by atoms with Gasteiger partial charge >= 0.3 is 5.97 Å². The van der Waals surface area contributed by atoms with E-state index in [4.69, 9.17) is 10.4 Å². The Labute approximate surface area is 127 Å². The Kier molecular flexibility index (Phi) is 3.36. The molecule has 3 aromatic rings. The third kappa shape index (κ3) is 2.21. The summed E-state index contributed by atoms with van der Waals surface area (Å²) in [7, 11) is 0. The molecule has 2 aromatic carbocycles. The molecule has 0 aliphatic heterocycles. The van der Waals surface area contributed by atoms with Gasteiger partial charge in [0.1, 0.15) is 5.82 Å². The van der Waals surface area contributed by atoms with E-state index in [-0.39, 0.29) is 5.56 Å². The van der Waals surface area contributed by atoms with Crippen molar-refractivity contribution in [1.82, 2.24) is 9.55 Å². The third-order valence-corrected chi connectivity index (χ3v) is 3.58. The van der Waals surface area contributed by atoms with Gasteiger partial charge in [-0.25, -0.2) is 9.78 Å². The van der Waals surface area contributed by atoms with Gasteiger partial charge in [0, 0.05) is 12.1 Å². The number of carboxylic acid groups (broad SMARTS) is 1. The molecule has 0 radical (unpaired) electrons. The van der Waals surface area contributed by atoms with Crippen LogP contribution < -0.4 is 0 Å². The molecule has 0 bridgehead atoms. The molecule has 22 heavy (non-hydrogen) atoms. The van der Waals surface area contributed by atoms with Crippen LogP contribution in [0.15, 0.2) is 42.5 Å². The molecular weight excluding hydrogens is 278 g/mol. The zero-order valence-corrected chi connectivity index (χ0v) is 11.9. The number of hydrogen-bond acceptors (Lipinski definition) is 3. The molecule has 1 heterocycles. The summed E-state index contributed by atoms with van der Waals surface area (Å²) in [6, 6.07) is 14.2. The maximum Gasteiger partial charge on any atom is 0.335 e. The summed E-state index contributed by atoms with van der Waals surface area (Å²) >= 11 is 0. The molecule has 1 aromatic heterocycles. The van der Waals surface area contributed by atoms with Crippen molar-refractivity contribution in [3.05, 3.63) is 53.6 Å². The molecule has 5 heteroatoms. The van der Waals surface area contributed by atoms with Crippen LogP contribution in [0.4, 0.5) is 0 Å². The topological polar surface area (TPSA) is 78.9 Å². The van der Waals surface area contributed by atoms with Crippen molar-refractivity contribution < 1.29 is 9.90 Å². The first-order chi connectivity index (χ1) is 10.6. The molecule has 0 aliphatic carbocycles. The normalized spacial score (nSPS) is 10.5. The van der Waals surface area contributed by atoms with Gasteiger partial charge in [-0.3, -0.25) is 0 Å². The van der Waals surface area contributed by atoms with Gasteiger partial charge in [-0.2, -0.15) is 5.26 Å². The standard InChI is InChI=1S/C17H13N3O2/c1-2-20-15-9-11(10-18)3-8-14(15)19-16(20)12-4-6-13(7-5-12)17(21)22/h3-9H,2H2,1H3,(H,21,22). The minimum Gasteiger partial charge on any atom is -0.478 e. The monoisotopic (exact) mass is 291 g/mol. The maximum atomic E-state index is 10.9. The molecule has 0 fully saturated rings. The maximum absolute atomic E-state index is 10.9. The fraction of sp³-hybridized carbons (Fsp3) is 0.118. The van der Waals surface area contributed by atoms with Crippen LogP contribution in [0.25, 0.3) is 22.4 Å². The fourth-order valence-electron chi connectivity index (χ4n) is 2.49. The smallest absolute Gasteiger partial charge is 0.335 e. The van der Waals surface area contributed by atoms with Gasteiger partial charge in [0.2, 0.25) is 0 Å². The van der Waals surface area contributed by atoms with Crippen LogP contribution in [0.1, 0.15) is 22.8 Å². The molecule has 108 valence electrons. The second kappa shape index (κ2) is 5.34. The summed E-state index contributed by atoms with van der Waals surface area (Å²) in [5, 5.41) is 18.0. The van der Waals surface area contributed by atoms with Crippen molar-refractivity contribution in [3.63, 3.8) is 0 Å². The Morgan fingerprint density at radius 1 is 1.27 bits per heavy atom. The molecular formula is C17H13N3O2. The highest BCUT2D eigenvalue weighted by molar-refractivity contribution is 5.88. The zero-order chi connectivity index (χ0) is 15.7. The number of fused-ring (bicyclic) bond motifs is 1. The number of carbonyl (C=O) groups is 1. The number of hydrogen-bond donors (Lipinski definition) is 1. The summed E-state index contributed by atoms with van der Waals surface area (Å²) in [5.74, 6) is -0.182. The summed E-state index contributed by atoms with van der Waals surface area (Å²) in [5.41, 5.74) is 3.41. The Balaban J connectivity index is 2.18. The van der Waals surface area contributed by atoms with Crippen molar-refractivity contribution in [2.45, 2.75) is 13.5 Å². The van der Waals surface area contributed by atoms with Crippen molar-refractivity contribution >= 4 is 17.0 Å². The number of aromatic nitrogens is 2. The lowest BCUT2D eigenvalue weighted by Crippen LogP contribution is -1.99. The average molecular weight is 291 g/mol. The zero-order valence-electron chi connectivity index (χ0n) is 11.9. The van der Waals surface area contributed by atoms with E-state index in [1.807, 2.05) is 23.6 Å². The molecule has 0 atom stereocenters. The van der Waals surface area contributed by atoms with E-state index in [0.717, 1.165) is 22.4 Å². The number of nitriles is 1. The van der Waals surface area contributed by atoms with E-state index < -0.39 is 5.97 Å². The highest BCUT2D eigenvalue weighted by Crippen LogP contribution is 2.25. The highest BCUT2D eigenvalue weighted by Gasteiger charge is 2.12. The quantitative estimate of drug-likeness (QED) is 0.803. The molecule has 0 aliphatic rings. The number of rotatable bonds is 3. The van der Waals surface area contributed by atoms with Gasteiger partial charge in [0.15, 0.2) is 0 Å². The Hall–Kier alpha value is -3.13. The van der Waals surface area contributed by atoms with Crippen LogP contribution in [0.3, 0.4) is 0 Å². The summed E-state index contributed by atoms with van der Waals surface area (Å²) in [4.78, 5) is 15.5. The molecule has 0 spiro atoms. The van der Waals surface area contributed by atoms with Gasteiger partial charge in [-0.1, -0.05) is 12.1 Å². The fourth-order valence-corrected chi connectivity index (χ4v) is 2.49. The van der Waals surface area contributed by atoms with E-state index in [9.17, 15) is 4.79 Å². The Bertz CT molecular complexity index is 902. The van der Waals surface area contributed by atoms with E-state index in [1.165, 1.54) is 0 Å². The van der Waals surface area contributed by atoms with Crippen LogP contribution in [0, 0.1) is 11.3 Å². The average Bonchev–Trinajstić information content (AvgIpc) is 2.92. The third-order valence-electron chi connectivity index (χ3n) is 3.58. The summed E-state index contributed by atoms with van der Waals surface area (Å²) in [6.07, 6.45) is 0. The van der Waals surface area contributed by atoms with Crippen LogP contribution in [-0.2, 0) is 6.54 Å². The lowest BCUT2D eigenvalue weighted by Gasteiger charge is -2.06. The Morgan fingerprint density at radius 2 is 2.00 bits per heavy atom. The van der Waals surface area contributed by atoms with Gasteiger partial charge in [-0.05, 0) is 37.3 Å². The number of nitrogens with zero attached hydrogens (tertiary/aromatic N) is 3.